The zero-order valence-corrected chi connectivity index (χ0v) is 13.3. The molecule has 12 heavy (non-hydrogen) atoms. The van der Waals surface area contributed by atoms with Gasteiger partial charge >= 0.3 is 88.6 Å². The van der Waals surface area contributed by atoms with Crippen molar-refractivity contribution in [1.29, 1.82) is 0 Å². The summed E-state index contributed by atoms with van der Waals surface area (Å²) in [5.74, 6) is 0. The molecule has 0 unspecified atom stereocenters. The van der Waals surface area contributed by atoms with Gasteiger partial charge in [-0.15, -0.1) is 0 Å². The van der Waals surface area contributed by atoms with Crippen molar-refractivity contribution in [2.45, 2.75) is 59.8 Å². The molecule has 0 aliphatic heterocycles. The molecule has 0 aromatic carbocycles. The predicted molar refractivity (Wildman–Crippen MR) is 64.6 cm³/mol. The molecule has 0 fully saturated rings. The molecule has 0 atom stereocenters. The molecule has 2 heteroatoms. The van der Waals surface area contributed by atoms with Crippen LogP contribution in [-0.4, -0.2) is 16.2 Å². The second kappa shape index (κ2) is 7.66. The summed E-state index contributed by atoms with van der Waals surface area (Å²) in [5, 5.41) is 0. The first kappa shape index (κ1) is 13.3. The molecule has 74 valence electrons. The summed E-state index contributed by atoms with van der Waals surface area (Å²) in [6, 6.07) is 0. The third kappa shape index (κ3) is 5.84. The monoisotopic (exact) mass is 342 g/mol. The van der Waals surface area contributed by atoms with Crippen LogP contribution in [-0.2, 0) is 0 Å². The number of hydrogen-bond acceptors (Lipinski definition) is 0. The summed E-state index contributed by atoms with van der Waals surface area (Å²) in [5.41, 5.74) is 0. The van der Waals surface area contributed by atoms with Gasteiger partial charge in [0.25, 0.3) is 0 Å². The predicted octanol–water partition coefficient (Wildman–Crippen LogP) is 4.95. The second-order valence-corrected chi connectivity index (χ2v) is 25.9. The summed E-state index contributed by atoms with van der Waals surface area (Å²) >= 11 is 2.43. The molecule has 0 nitrogen and oxygen atoms in total. The van der Waals surface area contributed by atoms with Gasteiger partial charge in [0.1, 0.15) is 0 Å². The Kier molecular flexibility index (Phi) is 8.48. The average molecular weight is 342 g/mol. The minimum atomic E-state index is -1.69. The van der Waals surface area contributed by atoms with E-state index < -0.39 is 16.2 Å². The first-order valence-electron chi connectivity index (χ1n) is 5.37. The molecule has 0 aromatic rings. The fraction of sp³-hybridized carbons (Fsp3) is 1.00. The summed E-state index contributed by atoms with van der Waals surface area (Å²) in [6.07, 6.45) is 5.62. The van der Waals surface area contributed by atoms with Crippen LogP contribution in [0.3, 0.4) is 0 Å². The van der Waals surface area contributed by atoms with Crippen LogP contribution in [0, 0.1) is 0 Å². The van der Waals surface area contributed by atoms with Crippen LogP contribution >= 0.6 is 12.7 Å². The molecule has 0 rings (SSSR count). The van der Waals surface area contributed by atoms with Crippen molar-refractivity contribution in [3.8, 4) is 0 Å². The summed E-state index contributed by atoms with van der Waals surface area (Å²) in [6.45, 7) is 6.96. The van der Waals surface area contributed by atoms with Gasteiger partial charge < -0.3 is 0 Å². The van der Waals surface area contributed by atoms with Gasteiger partial charge in [-0.05, 0) is 0 Å². The Labute approximate surface area is 88.1 Å². The molecule has 0 spiro atoms. The van der Waals surface area contributed by atoms with E-state index >= 15 is 0 Å². The van der Waals surface area contributed by atoms with Gasteiger partial charge in [0.15, 0.2) is 0 Å². The van der Waals surface area contributed by atoms with Gasteiger partial charge in [-0.1, -0.05) is 0 Å². The van der Waals surface area contributed by atoms with E-state index in [0.29, 0.717) is 0 Å². The van der Waals surface area contributed by atoms with E-state index in [-0.39, 0.29) is 0 Å². The van der Waals surface area contributed by atoms with E-state index in [1.165, 1.54) is 25.7 Å². The molecule has 0 N–H and O–H groups in total. The van der Waals surface area contributed by atoms with Gasteiger partial charge in [0, 0.05) is 0 Å². The van der Waals surface area contributed by atoms with Crippen molar-refractivity contribution in [1.82, 2.24) is 0 Å². The van der Waals surface area contributed by atoms with E-state index in [0.717, 1.165) is 0 Å². The molecule has 0 amide bonds. The van der Waals surface area contributed by atoms with Crippen LogP contribution in [0.5, 0.6) is 0 Å². The van der Waals surface area contributed by atoms with Crippen LogP contribution in [0.2, 0.25) is 13.3 Å². The van der Waals surface area contributed by atoms with E-state index in [9.17, 15) is 0 Å². The Morgan fingerprint density at radius 2 is 1.33 bits per heavy atom. The molecule has 0 heterocycles. The van der Waals surface area contributed by atoms with Crippen molar-refractivity contribution < 1.29 is 0 Å². The van der Waals surface area contributed by atoms with Crippen molar-refractivity contribution in [2.75, 3.05) is 0 Å². The first-order valence-corrected chi connectivity index (χ1v) is 17.8. The Morgan fingerprint density at radius 3 is 1.67 bits per heavy atom. The molecular weight excluding hydrogens is 319 g/mol. The molecule has 0 bridgehead atoms. The van der Waals surface area contributed by atoms with Crippen molar-refractivity contribution in [3.05, 3.63) is 0 Å². The third-order valence-electron chi connectivity index (χ3n) is 2.37. The summed E-state index contributed by atoms with van der Waals surface area (Å²) < 4.78 is 4.65. The normalized spacial score (nSPS) is 12.0. The molecular formula is C10H23BrSn. The van der Waals surface area contributed by atoms with Gasteiger partial charge in [-0.25, -0.2) is 0 Å². The summed E-state index contributed by atoms with van der Waals surface area (Å²) in [4.78, 5) is 0. The maximum atomic E-state index is 4.12. The zero-order chi connectivity index (χ0) is 9.45. The van der Waals surface area contributed by atoms with E-state index in [2.05, 4.69) is 33.5 Å². The Morgan fingerprint density at radius 1 is 0.833 bits per heavy atom. The maximum absolute atomic E-state index is 4.12. The van der Waals surface area contributed by atoms with Gasteiger partial charge in [-0.3, -0.25) is 0 Å². The zero-order valence-electron chi connectivity index (χ0n) is 8.83. The van der Waals surface area contributed by atoms with Crippen LogP contribution in [0.1, 0.15) is 46.5 Å². The minimum absolute atomic E-state index is 1.37. The topological polar surface area (TPSA) is 0 Å². The quantitative estimate of drug-likeness (QED) is 0.575. The van der Waals surface area contributed by atoms with Crippen LogP contribution in [0.4, 0.5) is 0 Å². The third-order valence-corrected chi connectivity index (χ3v) is 21.9. The number of unbranched alkanes of at least 4 members (excludes halogenated alkanes) is 1. The number of rotatable bonds is 7. The van der Waals surface area contributed by atoms with Gasteiger partial charge in [0.2, 0.25) is 0 Å². The Bertz CT molecular complexity index is 98.0. The molecule has 0 saturated carbocycles. The average Bonchev–Trinajstić information content (AvgIpc) is 2.02. The number of halogens is 1. The van der Waals surface area contributed by atoms with Crippen LogP contribution in [0.25, 0.3) is 0 Å². The van der Waals surface area contributed by atoms with Crippen molar-refractivity contribution in [2.24, 2.45) is 0 Å². The fourth-order valence-electron chi connectivity index (χ4n) is 1.76. The molecule has 0 aromatic heterocycles. The van der Waals surface area contributed by atoms with Gasteiger partial charge in [-0.2, -0.15) is 0 Å². The molecule has 0 aliphatic carbocycles. The number of hydrogen-bond donors (Lipinski definition) is 0. The van der Waals surface area contributed by atoms with Crippen LogP contribution in [0.15, 0.2) is 0 Å². The van der Waals surface area contributed by atoms with E-state index in [1.54, 1.807) is 13.3 Å². The Balaban J connectivity index is 3.80. The molecule has 0 saturated heterocycles. The van der Waals surface area contributed by atoms with E-state index in [4.69, 9.17) is 0 Å². The SMILES string of the molecule is CCC[CH2][Sn]([Br])([CH2]CC)[CH2]CC. The second-order valence-electron chi connectivity index (χ2n) is 3.75. The van der Waals surface area contributed by atoms with Crippen molar-refractivity contribution in [3.63, 3.8) is 0 Å². The summed E-state index contributed by atoms with van der Waals surface area (Å²) in [7, 11) is 0. The standard InChI is InChI=1S/C4H9.2C3H7.BrH.Sn/c1-3-4-2;2*1-3-2;;/h1,3-4H2,2H3;2*1,3H2,2H3;1H;/q;;;;+1/p-1. The first-order chi connectivity index (χ1) is 5.68. The fourth-order valence-corrected chi connectivity index (χ4v) is 19.0. The molecule has 0 aliphatic rings. The van der Waals surface area contributed by atoms with Crippen LogP contribution < -0.4 is 0 Å². The van der Waals surface area contributed by atoms with E-state index in [1.807, 2.05) is 0 Å². The van der Waals surface area contributed by atoms with Crippen molar-refractivity contribution >= 4 is 28.9 Å². The van der Waals surface area contributed by atoms with Gasteiger partial charge in [0.05, 0.1) is 0 Å². The molecule has 0 radical (unpaired) electrons. The Hall–Kier alpha value is 1.28.